The van der Waals surface area contributed by atoms with E-state index in [0.717, 1.165) is 56.6 Å². The van der Waals surface area contributed by atoms with Crippen molar-refractivity contribution in [2.75, 3.05) is 47.4 Å². The summed E-state index contributed by atoms with van der Waals surface area (Å²) in [5.41, 5.74) is 3.28. The van der Waals surface area contributed by atoms with Gasteiger partial charge >= 0.3 is 0 Å². The number of piperazine rings is 1. The Hall–Kier alpha value is -3.15. The second-order valence-corrected chi connectivity index (χ2v) is 7.59. The molecule has 0 saturated carbocycles. The number of benzene rings is 2. The quantitative estimate of drug-likeness (QED) is 0.678. The highest BCUT2D eigenvalue weighted by Gasteiger charge is 2.24. The van der Waals surface area contributed by atoms with Crippen LogP contribution in [0.5, 0.6) is 0 Å². The number of hydrogen-bond donors (Lipinski definition) is 0. The molecule has 1 aromatic heterocycles. The summed E-state index contributed by atoms with van der Waals surface area (Å²) >= 11 is 0. The summed E-state index contributed by atoms with van der Waals surface area (Å²) in [6, 6.07) is 17.6. The lowest BCUT2D eigenvalue weighted by Crippen LogP contribution is -2.47. The van der Waals surface area contributed by atoms with Crippen molar-refractivity contribution in [1.29, 1.82) is 0 Å². The Morgan fingerprint density at radius 3 is 2.21 bits per heavy atom. The largest absolute Gasteiger partial charge is 0.366 e. The molecule has 3 aromatic rings. The van der Waals surface area contributed by atoms with E-state index in [1.54, 1.807) is 6.07 Å². The second kappa shape index (κ2) is 7.35. The van der Waals surface area contributed by atoms with Crippen molar-refractivity contribution in [2.45, 2.75) is 13.3 Å². The normalized spacial score (nSPS) is 16.3. The first-order chi connectivity index (χ1) is 14.2. The van der Waals surface area contributed by atoms with Crippen LogP contribution in [-0.4, -0.2) is 42.7 Å². The van der Waals surface area contributed by atoms with E-state index in [1.165, 1.54) is 17.3 Å². The van der Waals surface area contributed by atoms with Crippen molar-refractivity contribution in [3.8, 4) is 0 Å². The molecule has 0 spiro atoms. The first kappa shape index (κ1) is 17.9. The molecule has 1 fully saturated rings. The maximum absolute atomic E-state index is 14.1. The molecule has 148 valence electrons. The minimum Gasteiger partial charge on any atom is -0.366 e. The zero-order valence-corrected chi connectivity index (χ0v) is 16.6. The van der Waals surface area contributed by atoms with Gasteiger partial charge in [-0.05, 0) is 37.1 Å². The predicted molar refractivity (Wildman–Crippen MR) is 115 cm³/mol. The molecule has 5 nitrogen and oxygen atoms in total. The average Bonchev–Trinajstić information content (AvgIpc) is 3.18. The van der Waals surface area contributed by atoms with Crippen molar-refractivity contribution in [3.63, 3.8) is 0 Å². The third-order valence-corrected chi connectivity index (χ3v) is 5.77. The van der Waals surface area contributed by atoms with Gasteiger partial charge in [-0.1, -0.05) is 30.3 Å². The standard InChI is InChI=1S/C23H24FN5/c1-17-25-22(16-23(26-17)29-11-10-18-6-2-4-8-20(18)29)28-14-12-27(13-15-28)21-9-5-3-7-19(21)24/h2-9,16H,10-15H2,1H3. The lowest BCUT2D eigenvalue weighted by Gasteiger charge is -2.37. The number of anilines is 4. The molecule has 1 saturated heterocycles. The molecule has 0 unspecified atom stereocenters. The molecule has 2 aromatic carbocycles. The van der Waals surface area contributed by atoms with Crippen LogP contribution < -0.4 is 14.7 Å². The number of rotatable bonds is 3. The highest BCUT2D eigenvalue weighted by Crippen LogP contribution is 2.34. The van der Waals surface area contributed by atoms with E-state index < -0.39 is 0 Å². The van der Waals surface area contributed by atoms with Crippen molar-refractivity contribution in [1.82, 2.24) is 9.97 Å². The summed E-state index contributed by atoms with van der Waals surface area (Å²) in [6.45, 7) is 6.04. The summed E-state index contributed by atoms with van der Waals surface area (Å²) in [4.78, 5) is 16.1. The van der Waals surface area contributed by atoms with Gasteiger partial charge in [0.1, 0.15) is 23.3 Å². The molecule has 0 bridgehead atoms. The number of aromatic nitrogens is 2. The fourth-order valence-electron chi connectivity index (χ4n) is 4.30. The van der Waals surface area contributed by atoms with Crippen LogP contribution in [0.25, 0.3) is 0 Å². The highest BCUT2D eigenvalue weighted by molar-refractivity contribution is 5.69. The van der Waals surface area contributed by atoms with Crippen LogP contribution in [0.4, 0.5) is 27.4 Å². The van der Waals surface area contributed by atoms with Crippen molar-refractivity contribution in [2.24, 2.45) is 0 Å². The van der Waals surface area contributed by atoms with E-state index in [9.17, 15) is 4.39 Å². The smallest absolute Gasteiger partial charge is 0.146 e. The summed E-state index contributed by atoms with van der Waals surface area (Å²) in [5, 5.41) is 0. The van der Waals surface area contributed by atoms with Crippen LogP contribution in [0.2, 0.25) is 0 Å². The van der Waals surface area contributed by atoms with E-state index in [0.29, 0.717) is 5.69 Å². The Balaban J connectivity index is 1.36. The summed E-state index contributed by atoms with van der Waals surface area (Å²) in [5.74, 6) is 2.52. The van der Waals surface area contributed by atoms with Crippen molar-refractivity contribution < 1.29 is 4.39 Å². The van der Waals surface area contributed by atoms with E-state index in [-0.39, 0.29) is 5.82 Å². The zero-order valence-electron chi connectivity index (χ0n) is 16.6. The Morgan fingerprint density at radius 2 is 1.41 bits per heavy atom. The molecular formula is C23H24FN5. The van der Waals surface area contributed by atoms with Gasteiger partial charge in [0.05, 0.1) is 5.69 Å². The molecule has 3 heterocycles. The maximum Gasteiger partial charge on any atom is 0.146 e. The van der Waals surface area contributed by atoms with Gasteiger partial charge in [0.15, 0.2) is 0 Å². The van der Waals surface area contributed by atoms with Gasteiger partial charge in [0, 0.05) is 44.5 Å². The van der Waals surface area contributed by atoms with Crippen LogP contribution in [0, 0.1) is 12.7 Å². The Labute approximate surface area is 170 Å². The van der Waals surface area contributed by atoms with Crippen LogP contribution in [0.15, 0.2) is 54.6 Å². The second-order valence-electron chi connectivity index (χ2n) is 7.59. The molecule has 5 rings (SSSR count). The third-order valence-electron chi connectivity index (χ3n) is 5.77. The van der Waals surface area contributed by atoms with Crippen LogP contribution in [0.1, 0.15) is 11.4 Å². The third kappa shape index (κ3) is 3.39. The predicted octanol–water partition coefficient (Wildman–Crippen LogP) is 3.94. The summed E-state index contributed by atoms with van der Waals surface area (Å²) in [7, 11) is 0. The molecule has 0 atom stereocenters. The SMILES string of the molecule is Cc1nc(N2CCN(c3ccccc3F)CC2)cc(N2CCc3ccccc32)n1. The molecule has 29 heavy (non-hydrogen) atoms. The Morgan fingerprint density at radius 1 is 0.759 bits per heavy atom. The monoisotopic (exact) mass is 389 g/mol. The van der Waals surface area contributed by atoms with Gasteiger partial charge in [-0.2, -0.15) is 0 Å². The van der Waals surface area contributed by atoms with E-state index in [2.05, 4.69) is 45.0 Å². The van der Waals surface area contributed by atoms with Gasteiger partial charge in [-0.3, -0.25) is 0 Å². The number of fused-ring (bicyclic) bond motifs is 1. The fourth-order valence-corrected chi connectivity index (χ4v) is 4.30. The van der Waals surface area contributed by atoms with Crippen LogP contribution in [0.3, 0.4) is 0 Å². The highest BCUT2D eigenvalue weighted by atomic mass is 19.1. The molecular weight excluding hydrogens is 365 g/mol. The molecule has 0 N–H and O–H groups in total. The molecule has 0 aliphatic carbocycles. The van der Waals surface area contributed by atoms with E-state index in [1.807, 2.05) is 19.1 Å². The first-order valence-corrected chi connectivity index (χ1v) is 10.1. The zero-order chi connectivity index (χ0) is 19.8. The van der Waals surface area contributed by atoms with Gasteiger partial charge in [0.2, 0.25) is 0 Å². The average molecular weight is 389 g/mol. The number of hydrogen-bond acceptors (Lipinski definition) is 5. The van der Waals surface area contributed by atoms with E-state index >= 15 is 0 Å². The van der Waals surface area contributed by atoms with Gasteiger partial charge in [-0.25, -0.2) is 14.4 Å². The lowest BCUT2D eigenvalue weighted by molar-refractivity contribution is 0.596. The van der Waals surface area contributed by atoms with Gasteiger partial charge in [0.25, 0.3) is 0 Å². The lowest BCUT2D eigenvalue weighted by atomic mass is 10.2. The topological polar surface area (TPSA) is 35.5 Å². The van der Waals surface area contributed by atoms with Gasteiger partial charge in [-0.15, -0.1) is 0 Å². The number of nitrogens with zero attached hydrogens (tertiary/aromatic N) is 5. The summed E-state index contributed by atoms with van der Waals surface area (Å²) in [6.07, 6.45) is 1.04. The number of halogens is 1. The van der Waals surface area contributed by atoms with Crippen molar-refractivity contribution in [3.05, 3.63) is 71.8 Å². The Bertz CT molecular complexity index is 1030. The molecule has 2 aliphatic rings. The van der Waals surface area contributed by atoms with Crippen molar-refractivity contribution >= 4 is 23.0 Å². The first-order valence-electron chi connectivity index (χ1n) is 10.1. The minimum absolute atomic E-state index is 0.159. The summed E-state index contributed by atoms with van der Waals surface area (Å²) < 4.78 is 14.1. The molecule has 2 aliphatic heterocycles. The fraction of sp³-hybridized carbons (Fsp3) is 0.304. The van der Waals surface area contributed by atoms with Gasteiger partial charge < -0.3 is 14.7 Å². The molecule has 6 heteroatoms. The Kier molecular flexibility index (Phi) is 4.54. The number of aryl methyl sites for hydroxylation is 1. The number of para-hydroxylation sites is 2. The van der Waals surface area contributed by atoms with Crippen LogP contribution >= 0.6 is 0 Å². The molecule has 0 amide bonds. The molecule has 0 radical (unpaired) electrons. The minimum atomic E-state index is -0.159. The maximum atomic E-state index is 14.1. The van der Waals surface area contributed by atoms with E-state index in [4.69, 9.17) is 9.97 Å². The van der Waals surface area contributed by atoms with Crippen LogP contribution in [-0.2, 0) is 6.42 Å².